The lowest BCUT2D eigenvalue weighted by atomic mass is 10.2. The van der Waals surface area contributed by atoms with Crippen molar-refractivity contribution >= 4 is 40.4 Å². The van der Waals surface area contributed by atoms with Crippen molar-refractivity contribution < 1.29 is 9.59 Å². The average Bonchev–Trinajstić information content (AvgIpc) is 3.06. The fourth-order valence-corrected chi connectivity index (χ4v) is 4.32. The lowest BCUT2D eigenvalue weighted by molar-refractivity contribution is -0.121. The zero-order chi connectivity index (χ0) is 21.2. The fraction of sp³-hybridized carbons (Fsp3) is 0.524. The summed E-state index contributed by atoms with van der Waals surface area (Å²) in [5.74, 6) is -0.329. The Bertz CT molecular complexity index is 836. The maximum absolute atomic E-state index is 12.3. The summed E-state index contributed by atoms with van der Waals surface area (Å²) in [5, 5.41) is 15.2. The Hall–Kier alpha value is -2.03. The van der Waals surface area contributed by atoms with Crippen LogP contribution >= 0.6 is 22.9 Å². The number of anilines is 1. The van der Waals surface area contributed by atoms with Crippen LogP contribution in [0.3, 0.4) is 0 Å². The maximum Gasteiger partial charge on any atom is 0.286 e. The van der Waals surface area contributed by atoms with Gasteiger partial charge < -0.3 is 15.5 Å². The van der Waals surface area contributed by atoms with Crippen molar-refractivity contribution in [3.63, 3.8) is 0 Å². The van der Waals surface area contributed by atoms with Gasteiger partial charge in [-0.15, -0.1) is 10.2 Å². The van der Waals surface area contributed by atoms with Gasteiger partial charge in [-0.05, 0) is 57.1 Å². The summed E-state index contributed by atoms with van der Waals surface area (Å²) in [7, 11) is 0. The Labute approximate surface area is 186 Å². The minimum atomic E-state index is -0.334. The molecule has 7 nitrogen and oxygen atoms in total. The molecule has 0 unspecified atom stereocenters. The molecule has 9 heteroatoms. The number of halogens is 1. The van der Waals surface area contributed by atoms with Gasteiger partial charge in [0.1, 0.15) is 5.01 Å². The minimum absolute atomic E-state index is 0.00555. The predicted octanol–water partition coefficient (Wildman–Crippen LogP) is 3.76. The number of nitrogens with zero attached hydrogens (tertiary/aromatic N) is 3. The van der Waals surface area contributed by atoms with Crippen molar-refractivity contribution in [2.75, 3.05) is 31.5 Å². The molecule has 1 aliphatic heterocycles. The molecule has 0 radical (unpaired) electrons. The van der Waals surface area contributed by atoms with Gasteiger partial charge in [-0.3, -0.25) is 9.59 Å². The van der Waals surface area contributed by atoms with Gasteiger partial charge in [0, 0.05) is 30.1 Å². The Balaban J connectivity index is 1.34. The van der Waals surface area contributed by atoms with Crippen LogP contribution in [-0.2, 0) is 11.2 Å². The zero-order valence-electron chi connectivity index (χ0n) is 17.0. The molecule has 2 heterocycles. The first-order chi connectivity index (χ1) is 14.6. The highest BCUT2D eigenvalue weighted by atomic mass is 35.5. The molecule has 0 atom stereocenters. The van der Waals surface area contributed by atoms with Crippen molar-refractivity contribution in [1.29, 1.82) is 0 Å². The molecule has 1 aromatic heterocycles. The molecule has 1 aromatic carbocycles. The number of aromatic nitrogens is 2. The van der Waals surface area contributed by atoms with Crippen molar-refractivity contribution in [2.45, 2.75) is 44.9 Å². The summed E-state index contributed by atoms with van der Waals surface area (Å²) in [6.07, 6.45) is 7.03. The summed E-state index contributed by atoms with van der Waals surface area (Å²) in [5.41, 5.74) is 0.601. The monoisotopic (exact) mass is 449 g/mol. The van der Waals surface area contributed by atoms with E-state index in [4.69, 9.17) is 11.6 Å². The Kier molecular flexibility index (Phi) is 9.04. The van der Waals surface area contributed by atoms with E-state index < -0.39 is 0 Å². The third kappa shape index (κ3) is 7.66. The number of likely N-dealkylation sites (tertiary alicyclic amines) is 1. The van der Waals surface area contributed by atoms with Gasteiger partial charge in [-0.25, -0.2) is 0 Å². The number of hydrogen-bond acceptors (Lipinski definition) is 6. The highest BCUT2D eigenvalue weighted by molar-refractivity contribution is 7.13. The van der Waals surface area contributed by atoms with Crippen molar-refractivity contribution in [3.8, 4) is 0 Å². The molecular formula is C21H28ClN5O2S. The number of nitrogens with one attached hydrogen (secondary N) is 2. The number of benzene rings is 1. The van der Waals surface area contributed by atoms with E-state index >= 15 is 0 Å². The molecule has 3 rings (SSSR count). The van der Waals surface area contributed by atoms with Gasteiger partial charge in [0.15, 0.2) is 0 Å². The molecule has 162 valence electrons. The summed E-state index contributed by atoms with van der Waals surface area (Å²) < 4.78 is 0. The quantitative estimate of drug-likeness (QED) is 0.569. The summed E-state index contributed by atoms with van der Waals surface area (Å²) in [4.78, 5) is 26.8. The minimum Gasteiger partial charge on any atom is -0.356 e. The lowest BCUT2D eigenvalue weighted by Gasteiger charge is -2.19. The number of hydrogen-bond donors (Lipinski definition) is 2. The molecule has 2 N–H and O–H groups in total. The van der Waals surface area contributed by atoms with Crippen molar-refractivity contribution in [3.05, 3.63) is 39.3 Å². The molecule has 1 aliphatic rings. The van der Waals surface area contributed by atoms with E-state index in [9.17, 15) is 9.59 Å². The summed E-state index contributed by atoms with van der Waals surface area (Å²) in [6, 6.07) is 6.91. The van der Waals surface area contributed by atoms with Crippen LogP contribution in [0, 0.1) is 0 Å². The van der Waals surface area contributed by atoms with Gasteiger partial charge in [0.05, 0.1) is 0 Å². The molecule has 1 fully saturated rings. The van der Waals surface area contributed by atoms with Crippen LogP contribution in [-0.4, -0.2) is 53.1 Å². The second-order valence-corrected chi connectivity index (χ2v) is 8.92. The van der Waals surface area contributed by atoms with E-state index in [2.05, 4.69) is 25.7 Å². The number of amides is 2. The third-order valence-electron chi connectivity index (χ3n) is 4.98. The van der Waals surface area contributed by atoms with E-state index in [1.165, 1.54) is 50.1 Å². The zero-order valence-corrected chi connectivity index (χ0v) is 18.6. The molecule has 0 bridgehead atoms. The van der Waals surface area contributed by atoms with Crippen LogP contribution in [0.15, 0.2) is 24.3 Å². The summed E-state index contributed by atoms with van der Waals surface area (Å²) >= 11 is 7.13. The van der Waals surface area contributed by atoms with E-state index in [1.54, 1.807) is 24.3 Å². The standard InChI is InChI=1S/C21H28ClN5O2S/c22-16-7-5-8-17(15-16)24-20(29)21-26-25-19(30-21)10-9-18(28)23-11-6-14-27-12-3-1-2-4-13-27/h5,7-8,15H,1-4,6,9-14H2,(H,23,28)(H,24,29). The van der Waals surface area contributed by atoms with Crippen molar-refractivity contribution in [1.82, 2.24) is 20.4 Å². The van der Waals surface area contributed by atoms with Crippen LogP contribution in [0.4, 0.5) is 5.69 Å². The summed E-state index contributed by atoms with van der Waals surface area (Å²) in [6.45, 7) is 4.09. The maximum atomic E-state index is 12.3. The molecule has 0 spiro atoms. The molecule has 2 amide bonds. The lowest BCUT2D eigenvalue weighted by Crippen LogP contribution is -2.30. The third-order valence-corrected chi connectivity index (χ3v) is 6.20. The predicted molar refractivity (Wildman–Crippen MR) is 120 cm³/mol. The Morgan fingerprint density at radius 1 is 1.13 bits per heavy atom. The largest absolute Gasteiger partial charge is 0.356 e. The van der Waals surface area contributed by atoms with Crippen LogP contribution in [0.5, 0.6) is 0 Å². The van der Waals surface area contributed by atoms with Gasteiger partial charge in [0.2, 0.25) is 10.9 Å². The highest BCUT2D eigenvalue weighted by Crippen LogP contribution is 2.18. The highest BCUT2D eigenvalue weighted by Gasteiger charge is 2.14. The van der Waals surface area contributed by atoms with E-state index in [0.29, 0.717) is 35.1 Å². The average molecular weight is 450 g/mol. The smallest absolute Gasteiger partial charge is 0.286 e. The van der Waals surface area contributed by atoms with Crippen LogP contribution in [0.25, 0.3) is 0 Å². The first kappa shape index (κ1) is 22.7. The van der Waals surface area contributed by atoms with Gasteiger partial charge in [-0.1, -0.05) is 41.8 Å². The first-order valence-electron chi connectivity index (χ1n) is 10.5. The molecular weight excluding hydrogens is 422 g/mol. The molecule has 0 saturated carbocycles. The van der Waals surface area contributed by atoms with Crippen LogP contribution < -0.4 is 10.6 Å². The topological polar surface area (TPSA) is 87.2 Å². The second kappa shape index (κ2) is 12.0. The van der Waals surface area contributed by atoms with Crippen molar-refractivity contribution in [2.24, 2.45) is 0 Å². The number of carbonyl (C=O) groups excluding carboxylic acids is 2. The Morgan fingerprint density at radius 2 is 1.93 bits per heavy atom. The molecule has 30 heavy (non-hydrogen) atoms. The number of rotatable bonds is 9. The fourth-order valence-electron chi connectivity index (χ4n) is 3.40. The number of carbonyl (C=O) groups is 2. The normalized spacial score (nSPS) is 14.8. The van der Waals surface area contributed by atoms with E-state index in [0.717, 1.165) is 13.0 Å². The van der Waals surface area contributed by atoms with Gasteiger partial charge in [-0.2, -0.15) is 0 Å². The number of aryl methyl sites for hydroxylation is 1. The SMILES string of the molecule is O=C(CCc1nnc(C(=O)Nc2cccc(Cl)c2)s1)NCCCN1CCCCCC1. The van der Waals surface area contributed by atoms with E-state index in [1.807, 2.05) is 0 Å². The molecule has 0 aliphatic carbocycles. The van der Waals surface area contributed by atoms with E-state index in [-0.39, 0.29) is 16.8 Å². The first-order valence-corrected chi connectivity index (χ1v) is 11.7. The van der Waals surface area contributed by atoms with Gasteiger partial charge >= 0.3 is 0 Å². The van der Waals surface area contributed by atoms with Crippen LogP contribution in [0.1, 0.15) is 53.3 Å². The molecule has 2 aromatic rings. The molecule has 1 saturated heterocycles. The second-order valence-electron chi connectivity index (χ2n) is 7.42. The van der Waals surface area contributed by atoms with Gasteiger partial charge in [0.25, 0.3) is 5.91 Å². The van der Waals surface area contributed by atoms with Crippen LogP contribution in [0.2, 0.25) is 5.02 Å². The Morgan fingerprint density at radius 3 is 2.70 bits per heavy atom.